The molecule has 0 aliphatic rings. The van der Waals surface area contributed by atoms with Gasteiger partial charge in [-0.05, 0) is 18.6 Å². The standard InChI is InChI=1S/C19H16N4O3/c1-13-7-17(26-22-13)12-25-19(24)16-8-15-10-21-23(18(15)20-9-16)11-14-5-3-2-4-6-14/h2-10H,11-12H2,1H3. The van der Waals surface area contributed by atoms with Gasteiger partial charge >= 0.3 is 5.97 Å². The average molecular weight is 348 g/mol. The molecule has 0 amide bonds. The van der Waals surface area contributed by atoms with Gasteiger partial charge in [-0.15, -0.1) is 0 Å². The molecular weight excluding hydrogens is 332 g/mol. The van der Waals surface area contributed by atoms with E-state index in [4.69, 9.17) is 9.26 Å². The molecule has 0 aliphatic heterocycles. The highest BCUT2D eigenvalue weighted by atomic mass is 16.5. The summed E-state index contributed by atoms with van der Waals surface area (Å²) in [7, 11) is 0. The number of nitrogens with zero attached hydrogens (tertiary/aromatic N) is 4. The van der Waals surface area contributed by atoms with Crippen molar-refractivity contribution in [3.63, 3.8) is 0 Å². The molecule has 0 N–H and O–H groups in total. The molecule has 0 radical (unpaired) electrons. The van der Waals surface area contributed by atoms with Crippen LogP contribution in [-0.2, 0) is 17.9 Å². The molecular formula is C19H16N4O3. The van der Waals surface area contributed by atoms with Gasteiger partial charge in [-0.3, -0.25) is 0 Å². The van der Waals surface area contributed by atoms with Crippen LogP contribution in [0.3, 0.4) is 0 Å². The Balaban J connectivity index is 1.50. The van der Waals surface area contributed by atoms with E-state index in [0.717, 1.165) is 22.3 Å². The lowest BCUT2D eigenvalue weighted by atomic mass is 10.2. The van der Waals surface area contributed by atoms with Gasteiger partial charge in [0.1, 0.15) is 0 Å². The highest BCUT2D eigenvalue weighted by Crippen LogP contribution is 2.16. The second-order valence-electron chi connectivity index (χ2n) is 5.94. The minimum Gasteiger partial charge on any atom is -0.454 e. The van der Waals surface area contributed by atoms with E-state index < -0.39 is 5.97 Å². The summed E-state index contributed by atoms with van der Waals surface area (Å²) in [6, 6.07) is 13.5. The number of rotatable bonds is 5. The number of aromatic nitrogens is 4. The summed E-state index contributed by atoms with van der Waals surface area (Å²) < 4.78 is 12.1. The fourth-order valence-electron chi connectivity index (χ4n) is 2.66. The summed E-state index contributed by atoms with van der Waals surface area (Å²) in [5, 5.41) is 8.91. The summed E-state index contributed by atoms with van der Waals surface area (Å²) in [6.07, 6.45) is 3.20. The zero-order valence-corrected chi connectivity index (χ0v) is 14.1. The molecule has 0 atom stereocenters. The Morgan fingerprint density at radius 3 is 2.81 bits per heavy atom. The summed E-state index contributed by atoms with van der Waals surface area (Å²) in [5.41, 5.74) is 2.96. The van der Waals surface area contributed by atoms with E-state index in [2.05, 4.69) is 15.2 Å². The van der Waals surface area contributed by atoms with Crippen LogP contribution in [0.5, 0.6) is 0 Å². The van der Waals surface area contributed by atoms with Crippen LogP contribution in [0.2, 0.25) is 0 Å². The first-order chi connectivity index (χ1) is 12.7. The zero-order chi connectivity index (χ0) is 17.9. The second-order valence-corrected chi connectivity index (χ2v) is 5.94. The van der Waals surface area contributed by atoms with Gasteiger partial charge in [0.25, 0.3) is 0 Å². The highest BCUT2D eigenvalue weighted by molar-refractivity contribution is 5.92. The van der Waals surface area contributed by atoms with Crippen LogP contribution in [0.15, 0.2) is 59.4 Å². The third-order valence-corrected chi connectivity index (χ3v) is 3.91. The van der Waals surface area contributed by atoms with E-state index in [9.17, 15) is 4.79 Å². The van der Waals surface area contributed by atoms with E-state index in [1.54, 1.807) is 29.9 Å². The predicted octanol–water partition coefficient (Wildman–Crippen LogP) is 3.13. The zero-order valence-electron chi connectivity index (χ0n) is 14.1. The molecule has 4 aromatic rings. The van der Waals surface area contributed by atoms with Gasteiger partial charge in [-0.1, -0.05) is 35.5 Å². The molecule has 4 rings (SSSR count). The largest absolute Gasteiger partial charge is 0.454 e. The number of hydrogen-bond acceptors (Lipinski definition) is 6. The summed E-state index contributed by atoms with van der Waals surface area (Å²) in [6.45, 7) is 2.46. The van der Waals surface area contributed by atoms with Gasteiger partial charge in [0, 0.05) is 17.6 Å². The molecule has 0 spiro atoms. The first kappa shape index (κ1) is 16.0. The number of carbonyl (C=O) groups is 1. The van der Waals surface area contributed by atoms with Crippen LogP contribution in [0.25, 0.3) is 11.0 Å². The van der Waals surface area contributed by atoms with Crippen LogP contribution in [0.1, 0.15) is 27.4 Å². The van der Waals surface area contributed by atoms with Gasteiger partial charge in [0.15, 0.2) is 18.0 Å². The molecule has 0 bridgehead atoms. The van der Waals surface area contributed by atoms with E-state index in [1.165, 1.54) is 6.20 Å². The minimum atomic E-state index is -0.468. The predicted molar refractivity (Wildman–Crippen MR) is 93.4 cm³/mol. The van der Waals surface area contributed by atoms with Crippen LogP contribution < -0.4 is 0 Å². The number of pyridine rings is 1. The molecule has 7 heteroatoms. The smallest absolute Gasteiger partial charge is 0.340 e. The van der Waals surface area contributed by atoms with E-state index in [-0.39, 0.29) is 6.61 Å². The van der Waals surface area contributed by atoms with Crippen LogP contribution >= 0.6 is 0 Å². The maximum Gasteiger partial charge on any atom is 0.340 e. The normalized spacial score (nSPS) is 11.0. The van der Waals surface area contributed by atoms with Gasteiger partial charge in [0.05, 0.1) is 24.0 Å². The summed E-state index contributed by atoms with van der Waals surface area (Å²) in [4.78, 5) is 16.6. The number of esters is 1. The van der Waals surface area contributed by atoms with E-state index in [0.29, 0.717) is 17.9 Å². The Morgan fingerprint density at radius 2 is 2.04 bits per heavy atom. The van der Waals surface area contributed by atoms with Crippen molar-refractivity contribution in [2.75, 3.05) is 0 Å². The molecule has 3 heterocycles. The Morgan fingerprint density at radius 1 is 1.19 bits per heavy atom. The minimum absolute atomic E-state index is 0.0327. The third-order valence-electron chi connectivity index (χ3n) is 3.91. The van der Waals surface area contributed by atoms with Crippen LogP contribution in [0, 0.1) is 6.92 Å². The topological polar surface area (TPSA) is 83.0 Å². The quantitative estimate of drug-likeness (QED) is 0.515. The van der Waals surface area contributed by atoms with Gasteiger partial charge < -0.3 is 9.26 Å². The Labute approximate surface area is 149 Å². The van der Waals surface area contributed by atoms with Gasteiger partial charge in [-0.25, -0.2) is 14.5 Å². The maximum atomic E-state index is 12.2. The lowest BCUT2D eigenvalue weighted by Crippen LogP contribution is -2.06. The SMILES string of the molecule is Cc1cc(COC(=O)c2cnc3c(cnn3Cc3ccccc3)c2)on1. The van der Waals surface area contributed by atoms with Gasteiger partial charge in [0.2, 0.25) is 0 Å². The molecule has 26 heavy (non-hydrogen) atoms. The lowest BCUT2D eigenvalue weighted by molar-refractivity contribution is 0.0437. The molecule has 3 aromatic heterocycles. The van der Waals surface area contributed by atoms with Crippen molar-refractivity contribution in [2.24, 2.45) is 0 Å². The fourth-order valence-corrected chi connectivity index (χ4v) is 2.66. The third kappa shape index (κ3) is 3.32. The number of hydrogen-bond donors (Lipinski definition) is 0. The van der Waals surface area contributed by atoms with Crippen molar-refractivity contribution in [2.45, 2.75) is 20.1 Å². The number of aryl methyl sites for hydroxylation is 1. The molecule has 7 nitrogen and oxygen atoms in total. The number of benzene rings is 1. The number of carbonyl (C=O) groups excluding carboxylic acids is 1. The monoisotopic (exact) mass is 348 g/mol. The van der Waals surface area contributed by atoms with Crippen LogP contribution in [-0.4, -0.2) is 25.9 Å². The lowest BCUT2D eigenvalue weighted by Gasteiger charge is -2.04. The highest BCUT2D eigenvalue weighted by Gasteiger charge is 2.13. The Kier molecular flexibility index (Phi) is 4.18. The van der Waals surface area contributed by atoms with Crippen molar-refractivity contribution in [3.8, 4) is 0 Å². The molecule has 0 aliphatic carbocycles. The molecule has 0 unspecified atom stereocenters. The second kappa shape index (κ2) is 6.79. The van der Waals surface area contributed by atoms with Crippen molar-refractivity contribution in [1.29, 1.82) is 0 Å². The van der Waals surface area contributed by atoms with Crippen molar-refractivity contribution in [3.05, 3.63) is 77.4 Å². The molecule has 0 fully saturated rings. The Hall–Kier alpha value is -3.48. The number of fused-ring (bicyclic) bond motifs is 1. The van der Waals surface area contributed by atoms with E-state index in [1.807, 2.05) is 30.3 Å². The van der Waals surface area contributed by atoms with Crippen LogP contribution in [0.4, 0.5) is 0 Å². The molecule has 0 saturated heterocycles. The van der Waals surface area contributed by atoms with Crippen molar-refractivity contribution >= 4 is 17.0 Å². The van der Waals surface area contributed by atoms with Gasteiger partial charge in [-0.2, -0.15) is 5.10 Å². The van der Waals surface area contributed by atoms with Crippen molar-refractivity contribution in [1.82, 2.24) is 19.9 Å². The first-order valence-corrected chi connectivity index (χ1v) is 8.14. The molecule has 1 aromatic carbocycles. The fraction of sp³-hybridized carbons (Fsp3) is 0.158. The van der Waals surface area contributed by atoms with E-state index >= 15 is 0 Å². The average Bonchev–Trinajstić information content (AvgIpc) is 3.26. The summed E-state index contributed by atoms with van der Waals surface area (Å²) in [5.74, 6) is 0.0323. The first-order valence-electron chi connectivity index (χ1n) is 8.14. The Bertz CT molecular complexity index is 1050. The summed E-state index contributed by atoms with van der Waals surface area (Å²) >= 11 is 0. The molecule has 130 valence electrons. The van der Waals surface area contributed by atoms with Crippen molar-refractivity contribution < 1.29 is 14.1 Å². The maximum absolute atomic E-state index is 12.2. The molecule has 0 saturated carbocycles. The number of ether oxygens (including phenoxy) is 1.